The van der Waals surface area contributed by atoms with Gasteiger partial charge in [-0.3, -0.25) is 0 Å². The highest BCUT2D eigenvalue weighted by Gasteiger charge is 2.36. The lowest BCUT2D eigenvalue weighted by Crippen LogP contribution is -2.41. The van der Waals surface area contributed by atoms with Gasteiger partial charge in [0.25, 0.3) is 0 Å². The fourth-order valence-electron chi connectivity index (χ4n) is 2.31. The normalized spacial score (nSPS) is 27.4. The lowest BCUT2D eigenvalue weighted by Gasteiger charge is -2.21. The predicted molar refractivity (Wildman–Crippen MR) is 71.8 cm³/mol. The van der Waals surface area contributed by atoms with Gasteiger partial charge < -0.3 is 15.6 Å². The molecule has 0 spiro atoms. The van der Waals surface area contributed by atoms with E-state index in [1.807, 2.05) is 0 Å². The van der Waals surface area contributed by atoms with Crippen LogP contribution in [-0.4, -0.2) is 38.0 Å². The Hall–Kier alpha value is -1.11. The minimum absolute atomic E-state index is 0.0266. The van der Waals surface area contributed by atoms with Crippen molar-refractivity contribution in [1.29, 1.82) is 0 Å². The van der Waals surface area contributed by atoms with E-state index in [0.29, 0.717) is 12.2 Å². The quantitative estimate of drug-likeness (QED) is 0.850. The summed E-state index contributed by atoms with van der Waals surface area (Å²) < 4.78 is 28.4. The maximum absolute atomic E-state index is 11.3. The number of aliphatic hydroxyl groups is 1. The van der Waals surface area contributed by atoms with Gasteiger partial charge in [0.2, 0.25) is 0 Å². The molecule has 1 aromatic rings. The van der Waals surface area contributed by atoms with Crippen LogP contribution in [0.15, 0.2) is 29.2 Å². The molecule has 0 saturated heterocycles. The minimum atomic E-state index is -3.18. The molecule has 0 bridgehead atoms. The zero-order chi connectivity index (χ0) is 14.1. The fraction of sp³-hybridized carbons (Fsp3) is 0.538. The molecule has 1 aliphatic rings. The molecule has 3 N–H and O–H groups in total. The highest BCUT2D eigenvalue weighted by molar-refractivity contribution is 7.90. The average Bonchev–Trinajstić information content (AvgIpc) is 2.71. The van der Waals surface area contributed by atoms with Crippen LogP contribution in [0.25, 0.3) is 0 Å². The number of benzene rings is 1. The van der Waals surface area contributed by atoms with Crippen molar-refractivity contribution in [3.63, 3.8) is 0 Å². The lowest BCUT2D eigenvalue weighted by atomic mass is 10.0. The van der Waals surface area contributed by atoms with Gasteiger partial charge in [-0.15, -0.1) is 0 Å². The van der Waals surface area contributed by atoms with Gasteiger partial charge in [-0.2, -0.15) is 0 Å². The monoisotopic (exact) mass is 285 g/mol. The van der Waals surface area contributed by atoms with E-state index in [-0.39, 0.29) is 17.6 Å². The molecule has 1 fully saturated rings. The van der Waals surface area contributed by atoms with Crippen LogP contribution >= 0.6 is 0 Å². The summed E-state index contributed by atoms with van der Waals surface area (Å²) in [5.41, 5.74) is 5.43. The number of ether oxygens (including phenoxy) is 1. The van der Waals surface area contributed by atoms with Crippen LogP contribution in [0.4, 0.5) is 0 Å². The van der Waals surface area contributed by atoms with Gasteiger partial charge in [-0.05, 0) is 37.1 Å². The molecule has 0 radical (unpaired) electrons. The first kappa shape index (κ1) is 14.3. The van der Waals surface area contributed by atoms with Crippen molar-refractivity contribution in [3.8, 4) is 5.75 Å². The first-order valence-corrected chi connectivity index (χ1v) is 8.08. The summed E-state index contributed by atoms with van der Waals surface area (Å²) in [5.74, 6) is 0.625. The Balaban J connectivity index is 2.02. The average molecular weight is 285 g/mol. The second kappa shape index (κ2) is 5.11. The van der Waals surface area contributed by atoms with Gasteiger partial charge in [0.1, 0.15) is 11.9 Å². The fourth-order valence-corrected chi connectivity index (χ4v) is 2.94. The van der Waals surface area contributed by atoms with Gasteiger partial charge in [-0.25, -0.2) is 8.42 Å². The maximum atomic E-state index is 11.3. The third kappa shape index (κ3) is 3.46. The van der Waals surface area contributed by atoms with Crippen molar-refractivity contribution in [2.24, 2.45) is 5.73 Å². The first-order chi connectivity index (χ1) is 8.82. The van der Waals surface area contributed by atoms with Crippen molar-refractivity contribution in [2.45, 2.75) is 35.8 Å². The summed E-state index contributed by atoms with van der Waals surface area (Å²) in [6, 6.07) is 6.35. The van der Waals surface area contributed by atoms with E-state index < -0.39 is 15.4 Å². The zero-order valence-corrected chi connectivity index (χ0v) is 11.7. The van der Waals surface area contributed by atoms with Crippen LogP contribution in [0, 0.1) is 0 Å². The molecule has 2 atom stereocenters. The van der Waals surface area contributed by atoms with E-state index in [1.165, 1.54) is 18.4 Å². The Morgan fingerprint density at radius 1 is 1.42 bits per heavy atom. The topological polar surface area (TPSA) is 89.6 Å². The Morgan fingerprint density at radius 2 is 2.05 bits per heavy atom. The predicted octanol–water partition coefficient (Wildman–Crippen LogP) is 0.711. The van der Waals surface area contributed by atoms with Gasteiger partial charge in [0.15, 0.2) is 9.84 Å². The molecule has 5 nitrogen and oxygen atoms in total. The maximum Gasteiger partial charge on any atom is 0.175 e. The number of nitrogens with two attached hydrogens (primary N) is 1. The van der Waals surface area contributed by atoms with Gasteiger partial charge in [0.05, 0.1) is 11.5 Å². The Labute approximate surface area is 113 Å². The zero-order valence-electron chi connectivity index (χ0n) is 10.9. The van der Waals surface area contributed by atoms with Crippen molar-refractivity contribution < 1.29 is 18.3 Å². The summed E-state index contributed by atoms with van der Waals surface area (Å²) in [7, 11) is -3.18. The molecular formula is C13H19NO4S. The van der Waals surface area contributed by atoms with E-state index >= 15 is 0 Å². The van der Waals surface area contributed by atoms with E-state index in [4.69, 9.17) is 10.5 Å². The van der Waals surface area contributed by atoms with Crippen LogP contribution in [-0.2, 0) is 9.84 Å². The highest BCUT2D eigenvalue weighted by Crippen LogP contribution is 2.30. The molecule has 0 aliphatic heterocycles. The van der Waals surface area contributed by atoms with Gasteiger partial charge >= 0.3 is 0 Å². The number of rotatable bonds is 4. The highest BCUT2D eigenvalue weighted by atomic mass is 32.2. The molecular weight excluding hydrogens is 266 g/mol. The molecule has 1 aliphatic carbocycles. The summed E-state index contributed by atoms with van der Waals surface area (Å²) in [6.07, 6.45) is 3.28. The standard InChI is InChI=1S/C13H19NO4S/c1-19(16,17)12-4-2-10(3-5-12)18-11-6-7-13(14,8-11)9-15/h2-5,11,15H,6-9,14H2,1H3. The van der Waals surface area contributed by atoms with E-state index in [9.17, 15) is 13.5 Å². The molecule has 2 rings (SSSR count). The van der Waals surface area contributed by atoms with E-state index in [1.54, 1.807) is 12.1 Å². The van der Waals surface area contributed by atoms with E-state index in [0.717, 1.165) is 12.8 Å². The van der Waals surface area contributed by atoms with Crippen LogP contribution in [0.1, 0.15) is 19.3 Å². The number of hydrogen-bond acceptors (Lipinski definition) is 5. The number of aliphatic hydroxyl groups excluding tert-OH is 1. The molecule has 1 aromatic carbocycles. The summed E-state index contributed by atoms with van der Waals surface area (Å²) >= 11 is 0. The minimum Gasteiger partial charge on any atom is -0.490 e. The smallest absolute Gasteiger partial charge is 0.175 e. The van der Waals surface area contributed by atoms with Crippen LogP contribution < -0.4 is 10.5 Å². The van der Waals surface area contributed by atoms with Crippen molar-refractivity contribution in [2.75, 3.05) is 12.9 Å². The summed E-state index contributed by atoms with van der Waals surface area (Å²) in [4.78, 5) is 0.273. The van der Waals surface area contributed by atoms with Crippen LogP contribution in [0.3, 0.4) is 0 Å². The molecule has 0 heterocycles. The molecule has 0 aromatic heterocycles. The first-order valence-electron chi connectivity index (χ1n) is 6.19. The van der Waals surface area contributed by atoms with Gasteiger partial charge in [0, 0.05) is 18.2 Å². The molecule has 6 heteroatoms. The van der Waals surface area contributed by atoms with Crippen LogP contribution in [0.5, 0.6) is 5.75 Å². The Kier molecular flexibility index (Phi) is 3.85. The summed E-state index contributed by atoms with van der Waals surface area (Å²) in [5, 5.41) is 9.19. The number of hydrogen-bond donors (Lipinski definition) is 2. The Bertz CT molecular complexity index is 540. The van der Waals surface area contributed by atoms with Crippen molar-refractivity contribution >= 4 is 9.84 Å². The molecule has 0 amide bonds. The third-order valence-electron chi connectivity index (χ3n) is 3.47. The second-order valence-electron chi connectivity index (χ2n) is 5.25. The van der Waals surface area contributed by atoms with E-state index in [2.05, 4.69) is 0 Å². The lowest BCUT2D eigenvalue weighted by molar-refractivity contribution is 0.165. The molecule has 2 unspecified atom stereocenters. The van der Waals surface area contributed by atoms with Crippen LogP contribution in [0.2, 0.25) is 0 Å². The number of sulfone groups is 1. The molecule has 106 valence electrons. The molecule has 19 heavy (non-hydrogen) atoms. The van der Waals surface area contributed by atoms with Gasteiger partial charge in [-0.1, -0.05) is 0 Å². The SMILES string of the molecule is CS(=O)(=O)c1ccc(OC2CCC(N)(CO)C2)cc1. The van der Waals surface area contributed by atoms with Crippen molar-refractivity contribution in [3.05, 3.63) is 24.3 Å². The largest absolute Gasteiger partial charge is 0.490 e. The molecule has 1 saturated carbocycles. The van der Waals surface area contributed by atoms with Crippen molar-refractivity contribution in [1.82, 2.24) is 0 Å². The summed E-state index contributed by atoms with van der Waals surface area (Å²) in [6.45, 7) is -0.0418. The Morgan fingerprint density at radius 3 is 2.53 bits per heavy atom. The second-order valence-corrected chi connectivity index (χ2v) is 7.26. The third-order valence-corrected chi connectivity index (χ3v) is 4.60.